The summed E-state index contributed by atoms with van der Waals surface area (Å²) in [5, 5.41) is 0. The van der Waals surface area contributed by atoms with E-state index in [1.807, 2.05) is 0 Å². The van der Waals surface area contributed by atoms with Gasteiger partial charge in [0.15, 0.2) is 11.2 Å². The van der Waals surface area contributed by atoms with Gasteiger partial charge < -0.3 is 9.47 Å². The van der Waals surface area contributed by atoms with Crippen molar-refractivity contribution in [2.75, 3.05) is 19.8 Å². The van der Waals surface area contributed by atoms with E-state index in [4.69, 9.17) is 9.47 Å². The number of aromatic nitrogens is 4. The molecule has 0 aromatic carbocycles. The molecule has 2 aromatic heterocycles. The lowest BCUT2D eigenvalue weighted by molar-refractivity contribution is -0.143. The van der Waals surface area contributed by atoms with E-state index in [-0.39, 0.29) is 36.1 Å². The number of esters is 1. The Morgan fingerprint density at radius 3 is 2.88 bits per heavy atom. The number of carbonyl (C=O) groups is 1. The highest BCUT2D eigenvalue weighted by Gasteiger charge is 2.24. The average molecular weight is 348 g/mol. The van der Waals surface area contributed by atoms with Crippen LogP contribution in [-0.4, -0.2) is 44.9 Å². The Morgan fingerprint density at radius 2 is 2.16 bits per heavy atom. The van der Waals surface area contributed by atoms with E-state index in [1.54, 1.807) is 6.92 Å². The smallest absolute Gasteiger partial charge is 0.333 e. The van der Waals surface area contributed by atoms with Crippen molar-refractivity contribution in [2.24, 2.45) is 0 Å². The summed E-state index contributed by atoms with van der Waals surface area (Å²) in [5.41, 5.74) is -0.524. The minimum atomic E-state index is -0.493. The summed E-state index contributed by atoms with van der Waals surface area (Å²) in [6.45, 7) is 3.11. The first kappa shape index (κ1) is 17.3. The van der Waals surface area contributed by atoms with Crippen LogP contribution in [0.1, 0.15) is 32.2 Å². The molecule has 1 fully saturated rings. The highest BCUT2D eigenvalue weighted by molar-refractivity contribution is 5.69. The molecule has 0 aliphatic carbocycles. The van der Waals surface area contributed by atoms with Gasteiger partial charge in [0.1, 0.15) is 0 Å². The van der Waals surface area contributed by atoms with Crippen LogP contribution in [0.15, 0.2) is 22.0 Å². The Balaban J connectivity index is 1.99. The van der Waals surface area contributed by atoms with Crippen molar-refractivity contribution in [3.05, 3.63) is 33.2 Å². The second kappa shape index (κ2) is 7.56. The van der Waals surface area contributed by atoms with Gasteiger partial charge in [0.2, 0.25) is 0 Å². The Morgan fingerprint density at radius 1 is 1.36 bits per heavy atom. The third-order valence-corrected chi connectivity index (χ3v) is 4.13. The summed E-state index contributed by atoms with van der Waals surface area (Å²) in [7, 11) is 0. The molecule has 1 unspecified atom stereocenters. The van der Waals surface area contributed by atoms with Crippen molar-refractivity contribution < 1.29 is 14.3 Å². The Labute approximate surface area is 143 Å². The molecule has 25 heavy (non-hydrogen) atoms. The van der Waals surface area contributed by atoms with E-state index in [1.165, 1.54) is 17.0 Å². The van der Waals surface area contributed by atoms with Gasteiger partial charge in [0.05, 0.1) is 19.3 Å². The molecule has 1 saturated heterocycles. The molecular weight excluding hydrogens is 328 g/mol. The van der Waals surface area contributed by atoms with Crippen LogP contribution in [0, 0.1) is 0 Å². The van der Waals surface area contributed by atoms with Crippen LogP contribution in [0.3, 0.4) is 0 Å². The molecule has 3 heterocycles. The van der Waals surface area contributed by atoms with Crippen molar-refractivity contribution in [3.8, 4) is 0 Å². The number of ether oxygens (including phenoxy) is 2. The van der Waals surface area contributed by atoms with Gasteiger partial charge in [-0.1, -0.05) is 0 Å². The number of carbonyl (C=O) groups excluding carboxylic acids is 1. The van der Waals surface area contributed by atoms with Crippen LogP contribution < -0.4 is 11.2 Å². The molecule has 0 N–H and O–H groups in total. The standard InChI is InChI=1S/C16H20N4O5/c1-2-25-12(21)4-3-8-19-15(22)13-14(18-7-6-17-13)20(16(19)23)11-5-9-24-10-11/h6-7,11H,2-5,8-10H2,1H3. The van der Waals surface area contributed by atoms with Gasteiger partial charge >= 0.3 is 11.7 Å². The zero-order chi connectivity index (χ0) is 17.8. The van der Waals surface area contributed by atoms with Crippen LogP contribution in [0.4, 0.5) is 0 Å². The summed E-state index contributed by atoms with van der Waals surface area (Å²) in [6, 6.07) is -0.177. The molecule has 1 aliphatic heterocycles. The predicted octanol–water partition coefficient (Wildman–Crippen LogP) is 0.258. The topological polar surface area (TPSA) is 105 Å². The highest BCUT2D eigenvalue weighted by Crippen LogP contribution is 2.19. The lowest BCUT2D eigenvalue weighted by Gasteiger charge is -2.16. The monoisotopic (exact) mass is 348 g/mol. The predicted molar refractivity (Wildman–Crippen MR) is 88.4 cm³/mol. The van der Waals surface area contributed by atoms with E-state index in [0.29, 0.717) is 32.7 Å². The molecule has 0 radical (unpaired) electrons. The summed E-state index contributed by atoms with van der Waals surface area (Å²) in [5.74, 6) is -0.347. The molecule has 0 saturated carbocycles. The molecule has 0 bridgehead atoms. The van der Waals surface area contributed by atoms with E-state index in [9.17, 15) is 14.4 Å². The molecule has 0 spiro atoms. The third kappa shape index (κ3) is 3.46. The SMILES string of the molecule is CCOC(=O)CCCn1c(=O)c2nccnc2n(C2CCOC2)c1=O. The van der Waals surface area contributed by atoms with E-state index < -0.39 is 11.2 Å². The highest BCUT2D eigenvalue weighted by atomic mass is 16.5. The molecule has 9 nitrogen and oxygen atoms in total. The second-order valence-electron chi connectivity index (χ2n) is 5.76. The van der Waals surface area contributed by atoms with E-state index >= 15 is 0 Å². The Hall–Kier alpha value is -2.55. The first-order valence-corrected chi connectivity index (χ1v) is 8.33. The fraction of sp³-hybridized carbons (Fsp3) is 0.562. The molecular formula is C16H20N4O5. The van der Waals surface area contributed by atoms with Crippen molar-refractivity contribution in [3.63, 3.8) is 0 Å². The molecule has 1 atom stereocenters. The van der Waals surface area contributed by atoms with Gasteiger partial charge in [0, 0.05) is 32.0 Å². The fourth-order valence-corrected chi connectivity index (χ4v) is 2.96. The summed E-state index contributed by atoms with van der Waals surface area (Å²) < 4.78 is 12.8. The van der Waals surface area contributed by atoms with Gasteiger partial charge in [-0.2, -0.15) is 0 Å². The Bertz CT molecular complexity index is 882. The van der Waals surface area contributed by atoms with Crippen molar-refractivity contribution >= 4 is 17.1 Å². The number of hydrogen-bond donors (Lipinski definition) is 0. The zero-order valence-corrected chi connectivity index (χ0v) is 14.0. The van der Waals surface area contributed by atoms with E-state index in [2.05, 4.69) is 9.97 Å². The molecule has 1 aliphatic rings. The maximum atomic E-state index is 12.9. The number of fused-ring (bicyclic) bond motifs is 1. The van der Waals surface area contributed by atoms with Crippen molar-refractivity contribution in [1.82, 2.24) is 19.1 Å². The zero-order valence-electron chi connectivity index (χ0n) is 14.0. The van der Waals surface area contributed by atoms with Crippen LogP contribution in [0.5, 0.6) is 0 Å². The summed E-state index contributed by atoms with van der Waals surface area (Å²) in [4.78, 5) is 45.2. The van der Waals surface area contributed by atoms with Gasteiger partial charge in [0.25, 0.3) is 5.56 Å². The van der Waals surface area contributed by atoms with Gasteiger partial charge in [-0.25, -0.2) is 14.8 Å². The second-order valence-corrected chi connectivity index (χ2v) is 5.76. The number of nitrogens with zero attached hydrogens (tertiary/aromatic N) is 4. The third-order valence-electron chi connectivity index (χ3n) is 4.13. The number of hydrogen-bond acceptors (Lipinski definition) is 7. The summed E-state index contributed by atoms with van der Waals surface area (Å²) in [6.07, 6.45) is 4.03. The normalized spacial score (nSPS) is 17.1. The van der Waals surface area contributed by atoms with Crippen molar-refractivity contribution in [1.29, 1.82) is 0 Å². The minimum absolute atomic E-state index is 0.122. The van der Waals surface area contributed by atoms with Gasteiger partial charge in [-0.05, 0) is 19.8 Å². The summed E-state index contributed by atoms with van der Waals surface area (Å²) >= 11 is 0. The van der Waals surface area contributed by atoms with Crippen LogP contribution in [-0.2, 0) is 20.8 Å². The molecule has 134 valence electrons. The van der Waals surface area contributed by atoms with E-state index in [0.717, 1.165) is 4.57 Å². The quantitative estimate of drug-likeness (QED) is 0.689. The first-order chi connectivity index (χ1) is 12.1. The average Bonchev–Trinajstić information content (AvgIpc) is 3.12. The minimum Gasteiger partial charge on any atom is -0.466 e. The lowest BCUT2D eigenvalue weighted by atomic mass is 10.2. The van der Waals surface area contributed by atoms with Crippen molar-refractivity contribution in [2.45, 2.75) is 38.8 Å². The largest absolute Gasteiger partial charge is 0.466 e. The van der Waals surface area contributed by atoms with Crippen LogP contribution in [0.25, 0.3) is 11.2 Å². The van der Waals surface area contributed by atoms with Gasteiger partial charge in [-0.15, -0.1) is 0 Å². The maximum absolute atomic E-state index is 12.9. The Kier molecular flexibility index (Phi) is 5.22. The molecule has 3 rings (SSSR count). The number of rotatable bonds is 6. The lowest BCUT2D eigenvalue weighted by Crippen LogP contribution is -2.42. The molecule has 2 aromatic rings. The maximum Gasteiger partial charge on any atom is 0.333 e. The van der Waals surface area contributed by atoms with Crippen LogP contribution >= 0.6 is 0 Å². The fourth-order valence-electron chi connectivity index (χ4n) is 2.96. The van der Waals surface area contributed by atoms with Crippen LogP contribution in [0.2, 0.25) is 0 Å². The first-order valence-electron chi connectivity index (χ1n) is 8.33. The van der Waals surface area contributed by atoms with Gasteiger partial charge in [-0.3, -0.25) is 18.7 Å². The molecule has 9 heteroatoms. The molecule has 0 amide bonds.